The van der Waals surface area contributed by atoms with E-state index in [-0.39, 0.29) is 5.95 Å². The van der Waals surface area contributed by atoms with Crippen molar-refractivity contribution in [2.75, 3.05) is 11.1 Å². The number of nitrogen functional groups attached to an aromatic ring is 1. The molecule has 0 spiro atoms. The molecule has 118 valence electrons. The van der Waals surface area contributed by atoms with Crippen molar-refractivity contribution in [1.29, 1.82) is 0 Å². The molecule has 4 rings (SSSR count). The monoisotopic (exact) mass is 317 g/mol. The summed E-state index contributed by atoms with van der Waals surface area (Å²) in [7, 11) is 0. The van der Waals surface area contributed by atoms with Gasteiger partial charge in [0.2, 0.25) is 11.9 Å². The lowest BCUT2D eigenvalue weighted by Gasteiger charge is -2.07. The first kappa shape index (κ1) is 14.1. The van der Waals surface area contributed by atoms with Crippen LogP contribution in [0.5, 0.6) is 0 Å². The van der Waals surface area contributed by atoms with Gasteiger partial charge in [-0.2, -0.15) is 19.6 Å². The quantitative estimate of drug-likeness (QED) is 0.600. The van der Waals surface area contributed by atoms with Crippen molar-refractivity contribution in [3.05, 3.63) is 66.5 Å². The molecule has 0 fully saturated rings. The van der Waals surface area contributed by atoms with Crippen molar-refractivity contribution in [2.45, 2.75) is 6.54 Å². The molecule has 0 saturated carbocycles. The maximum Gasteiger partial charge on any atom is 0.229 e. The SMILES string of the molecule is Nc1nc(NCc2ccncc2)n2nc(-c3ccccc3)cc2n1. The van der Waals surface area contributed by atoms with E-state index in [0.717, 1.165) is 16.8 Å². The first-order valence-electron chi connectivity index (χ1n) is 7.51. The van der Waals surface area contributed by atoms with Gasteiger partial charge < -0.3 is 11.1 Å². The summed E-state index contributed by atoms with van der Waals surface area (Å²) in [6, 6.07) is 15.7. The maximum absolute atomic E-state index is 5.83. The number of pyridine rings is 1. The fraction of sp³-hybridized carbons (Fsp3) is 0.0588. The number of anilines is 2. The van der Waals surface area contributed by atoms with Gasteiger partial charge in [-0.3, -0.25) is 4.98 Å². The van der Waals surface area contributed by atoms with E-state index in [1.165, 1.54) is 0 Å². The summed E-state index contributed by atoms with van der Waals surface area (Å²) in [6.45, 7) is 0.592. The van der Waals surface area contributed by atoms with Crippen LogP contribution in [0.25, 0.3) is 16.9 Å². The molecule has 0 aliphatic heterocycles. The minimum atomic E-state index is 0.208. The van der Waals surface area contributed by atoms with Gasteiger partial charge in [0.15, 0.2) is 5.65 Å². The lowest BCUT2D eigenvalue weighted by molar-refractivity contribution is 0.888. The van der Waals surface area contributed by atoms with Gasteiger partial charge in [0.25, 0.3) is 0 Å². The van der Waals surface area contributed by atoms with Crippen molar-refractivity contribution in [3.8, 4) is 11.3 Å². The smallest absolute Gasteiger partial charge is 0.229 e. The van der Waals surface area contributed by atoms with Crippen LogP contribution in [0.2, 0.25) is 0 Å². The highest BCUT2D eigenvalue weighted by atomic mass is 15.4. The lowest BCUT2D eigenvalue weighted by atomic mass is 10.2. The van der Waals surface area contributed by atoms with Crippen LogP contribution >= 0.6 is 0 Å². The second-order valence-corrected chi connectivity index (χ2v) is 5.28. The second kappa shape index (κ2) is 5.96. The van der Waals surface area contributed by atoms with Crippen LogP contribution in [-0.4, -0.2) is 24.6 Å². The summed E-state index contributed by atoms with van der Waals surface area (Å²) in [4.78, 5) is 12.5. The Morgan fingerprint density at radius 2 is 1.79 bits per heavy atom. The summed E-state index contributed by atoms with van der Waals surface area (Å²) in [5.41, 5.74) is 9.41. The molecule has 4 aromatic rings. The molecule has 3 aromatic heterocycles. The Bertz CT molecular complexity index is 964. The average molecular weight is 317 g/mol. The van der Waals surface area contributed by atoms with Crippen molar-refractivity contribution in [1.82, 2.24) is 24.6 Å². The minimum absolute atomic E-state index is 0.208. The predicted molar refractivity (Wildman–Crippen MR) is 92.2 cm³/mol. The highest BCUT2D eigenvalue weighted by Gasteiger charge is 2.11. The molecule has 1 aromatic carbocycles. The second-order valence-electron chi connectivity index (χ2n) is 5.28. The summed E-state index contributed by atoms with van der Waals surface area (Å²) in [6.07, 6.45) is 3.50. The first-order valence-corrected chi connectivity index (χ1v) is 7.51. The van der Waals surface area contributed by atoms with Crippen LogP contribution in [0, 0.1) is 0 Å². The molecule has 0 radical (unpaired) electrons. The largest absolute Gasteiger partial charge is 0.368 e. The van der Waals surface area contributed by atoms with E-state index in [9.17, 15) is 0 Å². The van der Waals surface area contributed by atoms with Gasteiger partial charge in [-0.05, 0) is 17.7 Å². The summed E-state index contributed by atoms with van der Waals surface area (Å²) < 4.78 is 1.67. The highest BCUT2D eigenvalue weighted by molar-refractivity contribution is 5.65. The van der Waals surface area contributed by atoms with Crippen molar-refractivity contribution in [3.63, 3.8) is 0 Å². The molecule has 0 aliphatic carbocycles. The number of aromatic nitrogens is 5. The van der Waals surface area contributed by atoms with Gasteiger partial charge in [0.1, 0.15) is 0 Å². The predicted octanol–water partition coefficient (Wildman–Crippen LogP) is 2.38. The Balaban J connectivity index is 1.71. The molecule has 0 unspecified atom stereocenters. The van der Waals surface area contributed by atoms with E-state index in [0.29, 0.717) is 18.1 Å². The van der Waals surface area contributed by atoms with E-state index in [1.54, 1.807) is 16.9 Å². The number of hydrogen-bond acceptors (Lipinski definition) is 6. The Kier molecular flexibility index (Phi) is 3.51. The van der Waals surface area contributed by atoms with Gasteiger partial charge in [0, 0.05) is 30.6 Å². The van der Waals surface area contributed by atoms with Gasteiger partial charge in [-0.25, -0.2) is 0 Å². The Labute approximate surface area is 138 Å². The van der Waals surface area contributed by atoms with Crippen molar-refractivity contribution >= 4 is 17.5 Å². The Morgan fingerprint density at radius 3 is 2.58 bits per heavy atom. The van der Waals surface area contributed by atoms with Crippen LogP contribution in [0.3, 0.4) is 0 Å². The van der Waals surface area contributed by atoms with E-state index in [1.807, 2.05) is 48.5 Å². The zero-order valence-corrected chi connectivity index (χ0v) is 12.8. The first-order chi connectivity index (χ1) is 11.8. The topological polar surface area (TPSA) is 94.0 Å². The van der Waals surface area contributed by atoms with Crippen LogP contribution < -0.4 is 11.1 Å². The van der Waals surface area contributed by atoms with Gasteiger partial charge in [-0.1, -0.05) is 30.3 Å². The highest BCUT2D eigenvalue weighted by Crippen LogP contribution is 2.21. The maximum atomic E-state index is 5.83. The average Bonchev–Trinajstić information content (AvgIpc) is 3.05. The molecular weight excluding hydrogens is 302 g/mol. The van der Waals surface area contributed by atoms with Crippen LogP contribution in [0.1, 0.15) is 5.56 Å². The molecule has 0 amide bonds. The Hall–Kier alpha value is -3.48. The molecule has 7 heteroatoms. The van der Waals surface area contributed by atoms with E-state index in [2.05, 4.69) is 25.4 Å². The van der Waals surface area contributed by atoms with Gasteiger partial charge in [0.05, 0.1) is 5.69 Å². The standard InChI is InChI=1S/C17H15N7/c18-16-21-15-10-14(13-4-2-1-3-5-13)23-24(15)17(22-16)20-11-12-6-8-19-9-7-12/h1-10H,11H2,(H3,18,20,21,22). The van der Waals surface area contributed by atoms with Crippen LogP contribution in [0.15, 0.2) is 60.9 Å². The zero-order chi connectivity index (χ0) is 16.4. The summed E-state index contributed by atoms with van der Waals surface area (Å²) >= 11 is 0. The molecule has 3 N–H and O–H groups in total. The summed E-state index contributed by atoms with van der Waals surface area (Å²) in [5, 5.41) is 7.85. The number of nitrogens with zero attached hydrogens (tertiary/aromatic N) is 5. The van der Waals surface area contributed by atoms with E-state index in [4.69, 9.17) is 5.73 Å². The number of benzene rings is 1. The normalized spacial score (nSPS) is 10.8. The molecular formula is C17H15N7. The minimum Gasteiger partial charge on any atom is -0.368 e. The van der Waals surface area contributed by atoms with Gasteiger partial charge >= 0.3 is 0 Å². The molecule has 0 bridgehead atoms. The van der Waals surface area contributed by atoms with Crippen molar-refractivity contribution in [2.24, 2.45) is 0 Å². The molecule has 3 heterocycles. The number of rotatable bonds is 4. The van der Waals surface area contributed by atoms with E-state index < -0.39 is 0 Å². The number of fused-ring (bicyclic) bond motifs is 1. The molecule has 0 aliphatic rings. The number of nitrogens with two attached hydrogens (primary N) is 1. The molecule has 24 heavy (non-hydrogen) atoms. The van der Waals surface area contributed by atoms with Crippen LogP contribution in [0.4, 0.5) is 11.9 Å². The van der Waals surface area contributed by atoms with Crippen molar-refractivity contribution < 1.29 is 0 Å². The number of hydrogen-bond donors (Lipinski definition) is 2. The third-order valence-corrected chi connectivity index (χ3v) is 3.61. The lowest BCUT2D eigenvalue weighted by Crippen LogP contribution is -2.10. The Morgan fingerprint density at radius 1 is 1.00 bits per heavy atom. The molecule has 0 atom stereocenters. The number of nitrogens with one attached hydrogen (secondary N) is 1. The third-order valence-electron chi connectivity index (χ3n) is 3.61. The zero-order valence-electron chi connectivity index (χ0n) is 12.8. The molecule has 7 nitrogen and oxygen atoms in total. The van der Waals surface area contributed by atoms with E-state index >= 15 is 0 Å². The third kappa shape index (κ3) is 2.74. The fourth-order valence-electron chi connectivity index (χ4n) is 2.45. The summed E-state index contributed by atoms with van der Waals surface area (Å²) in [5.74, 6) is 0.760. The van der Waals surface area contributed by atoms with Gasteiger partial charge in [-0.15, -0.1) is 0 Å². The molecule has 0 saturated heterocycles. The fourth-order valence-corrected chi connectivity index (χ4v) is 2.45. The van der Waals surface area contributed by atoms with Crippen LogP contribution in [-0.2, 0) is 6.54 Å².